The predicted molar refractivity (Wildman–Crippen MR) is 97.6 cm³/mol. The van der Waals surface area contributed by atoms with Crippen molar-refractivity contribution in [1.29, 1.82) is 0 Å². The Labute approximate surface area is 156 Å². The van der Waals surface area contributed by atoms with Crippen LogP contribution < -0.4 is 5.32 Å². The first-order chi connectivity index (χ1) is 12.2. The first kappa shape index (κ1) is 21.0. The van der Waals surface area contributed by atoms with Crippen LogP contribution in [0.25, 0.3) is 0 Å². The van der Waals surface area contributed by atoms with Crippen molar-refractivity contribution in [2.45, 2.75) is 65.1 Å². The Morgan fingerprint density at radius 3 is 2.50 bits per heavy atom. The van der Waals surface area contributed by atoms with Crippen molar-refractivity contribution >= 4 is 12.1 Å². The number of piperidine rings is 1. The molecule has 0 bridgehead atoms. The number of nitrogens with zero attached hydrogens (tertiary/aromatic N) is 1. The van der Waals surface area contributed by atoms with Crippen molar-refractivity contribution in [3.63, 3.8) is 0 Å². The molecule has 0 saturated carbocycles. The van der Waals surface area contributed by atoms with Crippen molar-refractivity contribution in [2.24, 2.45) is 11.8 Å². The maximum atomic E-state index is 12.2. The number of hydrogen-bond acceptors (Lipinski definition) is 6. The molecule has 7 heteroatoms. The molecule has 150 valence electrons. The summed E-state index contributed by atoms with van der Waals surface area (Å²) < 4.78 is 16.2. The van der Waals surface area contributed by atoms with E-state index in [9.17, 15) is 9.59 Å². The third-order valence-corrected chi connectivity index (χ3v) is 4.85. The molecule has 0 radical (unpaired) electrons. The molecule has 2 heterocycles. The van der Waals surface area contributed by atoms with Gasteiger partial charge in [-0.3, -0.25) is 9.69 Å². The second-order valence-electron chi connectivity index (χ2n) is 8.44. The Morgan fingerprint density at radius 1 is 1.19 bits per heavy atom. The van der Waals surface area contributed by atoms with Crippen LogP contribution in [0, 0.1) is 11.8 Å². The van der Waals surface area contributed by atoms with Crippen LogP contribution in [0.3, 0.4) is 0 Å². The number of esters is 1. The highest BCUT2D eigenvalue weighted by atomic mass is 16.6. The van der Waals surface area contributed by atoms with Crippen molar-refractivity contribution in [2.75, 3.05) is 33.0 Å². The van der Waals surface area contributed by atoms with Gasteiger partial charge in [-0.15, -0.1) is 0 Å². The predicted octanol–water partition coefficient (Wildman–Crippen LogP) is 2.54. The van der Waals surface area contributed by atoms with E-state index in [1.54, 1.807) is 0 Å². The third-order valence-electron chi connectivity index (χ3n) is 4.85. The van der Waals surface area contributed by atoms with E-state index in [0.29, 0.717) is 25.8 Å². The van der Waals surface area contributed by atoms with E-state index in [0.717, 1.165) is 38.8 Å². The number of rotatable bonds is 5. The van der Waals surface area contributed by atoms with Gasteiger partial charge in [-0.05, 0) is 59.3 Å². The Balaban J connectivity index is 1.59. The molecule has 2 atom stereocenters. The molecular weight excluding hydrogens is 336 g/mol. The van der Waals surface area contributed by atoms with Gasteiger partial charge in [-0.25, -0.2) is 4.79 Å². The van der Waals surface area contributed by atoms with Crippen LogP contribution in [0.15, 0.2) is 0 Å². The second kappa shape index (κ2) is 9.55. The lowest BCUT2D eigenvalue weighted by Crippen LogP contribution is -2.41. The molecular formula is C19H34N2O5. The zero-order valence-corrected chi connectivity index (χ0v) is 16.6. The molecule has 2 saturated heterocycles. The fourth-order valence-corrected chi connectivity index (χ4v) is 3.35. The van der Waals surface area contributed by atoms with Crippen molar-refractivity contribution < 1.29 is 23.8 Å². The molecule has 1 N–H and O–H groups in total. The summed E-state index contributed by atoms with van der Waals surface area (Å²) in [7, 11) is 0. The molecule has 2 aliphatic heterocycles. The molecule has 2 unspecified atom stereocenters. The van der Waals surface area contributed by atoms with Crippen molar-refractivity contribution in [1.82, 2.24) is 10.2 Å². The highest BCUT2D eigenvalue weighted by molar-refractivity contribution is 5.72. The maximum Gasteiger partial charge on any atom is 0.407 e. The van der Waals surface area contributed by atoms with Gasteiger partial charge in [0.1, 0.15) is 12.3 Å². The largest absolute Gasteiger partial charge is 0.449 e. The first-order valence-corrected chi connectivity index (χ1v) is 9.70. The molecule has 0 aliphatic carbocycles. The second-order valence-corrected chi connectivity index (χ2v) is 8.44. The van der Waals surface area contributed by atoms with E-state index in [4.69, 9.17) is 14.2 Å². The van der Waals surface area contributed by atoms with Gasteiger partial charge in [-0.1, -0.05) is 0 Å². The molecule has 0 aromatic heterocycles. The van der Waals surface area contributed by atoms with E-state index in [-0.39, 0.29) is 24.1 Å². The third kappa shape index (κ3) is 7.50. The molecule has 7 nitrogen and oxygen atoms in total. The summed E-state index contributed by atoms with van der Waals surface area (Å²) in [6, 6.07) is 0. The highest BCUT2D eigenvalue weighted by Gasteiger charge is 2.28. The van der Waals surface area contributed by atoms with E-state index >= 15 is 0 Å². The van der Waals surface area contributed by atoms with Gasteiger partial charge in [0.25, 0.3) is 0 Å². The highest BCUT2D eigenvalue weighted by Crippen LogP contribution is 2.22. The molecule has 26 heavy (non-hydrogen) atoms. The number of nitrogens with one attached hydrogen (secondary N) is 1. The molecule has 2 fully saturated rings. The summed E-state index contributed by atoms with van der Waals surface area (Å²) in [6.45, 7) is 10.9. The average molecular weight is 370 g/mol. The molecule has 0 aromatic rings. The van der Waals surface area contributed by atoms with Crippen LogP contribution in [0.2, 0.25) is 0 Å². The minimum Gasteiger partial charge on any atom is -0.449 e. The van der Waals surface area contributed by atoms with Crippen LogP contribution in [-0.4, -0.2) is 61.6 Å². The lowest BCUT2D eigenvalue weighted by molar-refractivity contribution is -0.158. The molecule has 2 aliphatic rings. The molecule has 1 amide bonds. The maximum absolute atomic E-state index is 12.2. The van der Waals surface area contributed by atoms with Gasteiger partial charge < -0.3 is 19.5 Å². The summed E-state index contributed by atoms with van der Waals surface area (Å²) in [6.07, 6.45) is 3.22. The zero-order valence-electron chi connectivity index (χ0n) is 16.6. The zero-order chi connectivity index (χ0) is 19.2. The van der Waals surface area contributed by atoms with Crippen LogP contribution in [-0.2, 0) is 19.0 Å². The number of likely N-dealkylation sites (tertiary alicyclic amines) is 1. The van der Waals surface area contributed by atoms with E-state index in [1.807, 2.05) is 27.7 Å². The molecule has 0 aromatic carbocycles. The molecule has 2 rings (SSSR count). The van der Waals surface area contributed by atoms with Gasteiger partial charge in [0.2, 0.25) is 0 Å². The van der Waals surface area contributed by atoms with Crippen LogP contribution in [0.4, 0.5) is 4.79 Å². The Bertz CT molecular complexity index is 469. The fraction of sp³-hybridized carbons (Fsp3) is 0.895. The number of hydrogen-bond donors (Lipinski definition) is 1. The number of amides is 1. The van der Waals surface area contributed by atoms with Crippen LogP contribution >= 0.6 is 0 Å². The van der Waals surface area contributed by atoms with Gasteiger partial charge in [0.15, 0.2) is 0 Å². The summed E-state index contributed by atoms with van der Waals surface area (Å²) in [4.78, 5) is 26.0. The van der Waals surface area contributed by atoms with E-state index in [2.05, 4.69) is 10.2 Å². The molecule has 0 spiro atoms. The van der Waals surface area contributed by atoms with Crippen molar-refractivity contribution in [3.05, 3.63) is 0 Å². The number of ether oxygens (including phenoxy) is 3. The fourth-order valence-electron chi connectivity index (χ4n) is 3.35. The van der Waals surface area contributed by atoms with Crippen LogP contribution in [0.1, 0.15) is 53.4 Å². The number of alkyl carbamates (subject to hydrolysis) is 1. The average Bonchev–Trinajstić information content (AvgIpc) is 2.57. The van der Waals surface area contributed by atoms with Crippen molar-refractivity contribution in [3.8, 4) is 0 Å². The monoisotopic (exact) mass is 370 g/mol. The minimum absolute atomic E-state index is 0.0330. The first-order valence-electron chi connectivity index (χ1n) is 9.70. The van der Waals surface area contributed by atoms with Crippen LogP contribution in [0.5, 0.6) is 0 Å². The topological polar surface area (TPSA) is 77.1 Å². The normalized spacial score (nSPS) is 25.5. The SMILES string of the molecule is CC1CC(C(=O)OCN2CCC(CNC(=O)OC(C)(C)C)CC2)CCO1. The van der Waals surface area contributed by atoms with E-state index in [1.165, 1.54) is 0 Å². The summed E-state index contributed by atoms with van der Waals surface area (Å²) >= 11 is 0. The Kier molecular flexibility index (Phi) is 7.70. The lowest BCUT2D eigenvalue weighted by Gasteiger charge is -2.32. The smallest absolute Gasteiger partial charge is 0.407 e. The number of carbonyl (C=O) groups is 2. The van der Waals surface area contributed by atoms with E-state index < -0.39 is 5.60 Å². The minimum atomic E-state index is -0.473. The van der Waals surface area contributed by atoms with Gasteiger partial charge in [-0.2, -0.15) is 0 Å². The Hall–Kier alpha value is -1.34. The Morgan fingerprint density at radius 2 is 1.88 bits per heavy atom. The summed E-state index contributed by atoms with van der Waals surface area (Å²) in [5.41, 5.74) is -0.473. The quantitative estimate of drug-likeness (QED) is 0.750. The standard InChI is InChI=1S/C19H34N2O5/c1-14-11-16(7-10-24-14)17(22)25-13-21-8-5-15(6-9-21)12-20-18(23)26-19(2,3)4/h14-16H,5-13H2,1-4H3,(H,20,23). The van der Waals surface area contributed by atoms with Gasteiger partial charge in [0, 0.05) is 26.2 Å². The summed E-state index contributed by atoms with van der Waals surface area (Å²) in [5, 5.41) is 2.84. The number of carbonyl (C=O) groups excluding carboxylic acids is 2. The van der Waals surface area contributed by atoms with Gasteiger partial charge in [0.05, 0.1) is 12.0 Å². The summed E-state index contributed by atoms with van der Waals surface area (Å²) in [5.74, 6) is 0.300. The lowest BCUT2D eigenvalue weighted by atomic mass is 9.96. The van der Waals surface area contributed by atoms with Gasteiger partial charge >= 0.3 is 12.1 Å².